The highest BCUT2D eigenvalue weighted by molar-refractivity contribution is 6.06. The van der Waals surface area contributed by atoms with Crippen LogP contribution in [-0.4, -0.2) is 26.0 Å². The lowest BCUT2D eigenvalue weighted by Crippen LogP contribution is -2.03. The molecular formula is C16H12N2O3. The number of carbonyl (C=O) groups excluding carboxylic acids is 1. The number of aromatic hydroxyl groups is 2. The van der Waals surface area contributed by atoms with E-state index in [0.717, 1.165) is 5.56 Å². The molecule has 104 valence electrons. The first-order valence-corrected chi connectivity index (χ1v) is 6.32. The molecule has 0 spiro atoms. The van der Waals surface area contributed by atoms with Gasteiger partial charge in [0.25, 0.3) is 0 Å². The van der Waals surface area contributed by atoms with Gasteiger partial charge >= 0.3 is 0 Å². The summed E-state index contributed by atoms with van der Waals surface area (Å²) in [6.45, 7) is 0. The van der Waals surface area contributed by atoms with Crippen LogP contribution in [0.25, 0.3) is 11.3 Å². The Bertz CT molecular complexity index is 774. The van der Waals surface area contributed by atoms with Gasteiger partial charge in [0.15, 0.2) is 5.82 Å². The fraction of sp³-hybridized carbons (Fsp3) is 0. The molecule has 0 bridgehead atoms. The SMILES string of the molecule is O=C(c1ccc(O)cc1)c1nc(-c2ccc(O)cc2)c[nH]1. The minimum absolute atomic E-state index is 0.107. The monoisotopic (exact) mass is 280 g/mol. The standard InChI is InChI=1S/C16H12N2O3/c19-12-5-1-10(2-6-12)14-9-17-16(18-14)15(21)11-3-7-13(20)8-4-11/h1-9,19-20H,(H,17,18). The lowest BCUT2D eigenvalue weighted by molar-refractivity contribution is 0.103. The molecule has 1 aromatic heterocycles. The summed E-state index contributed by atoms with van der Waals surface area (Å²) in [4.78, 5) is 19.3. The van der Waals surface area contributed by atoms with Gasteiger partial charge in [-0.15, -0.1) is 0 Å². The summed E-state index contributed by atoms with van der Waals surface area (Å²) in [5, 5.41) is 18.5. The fourth-order valence-electron chi connectivity index (χ4n) is 1.97. The second kappa shape index (κ2) is 5.13. The van der Waals surface area contributed by atoms with Gasteiger partial charge < -0.3 is 15.2 Å². The second-order valence-electron chi connectivity index (χ2n) is 4.56. The minimum atomic E-state index is -0.250. The van der Waals surface area contributed by atoms with Crippen molar-refractivity contribution in [3.05, 3.63) is 66.1 Å². The first-order valence-electron chi connectivity index (χ1n) is 6.32. The van der Waals surface area contributed by atoms with E-state index in [0.29, 0.717) is 11.3 Å². The summed E-state index contributed by atoms with van der Waals surface area (Å²) in [7, 11) is 0. The van der Waals surface area contributed by atoms with Crippen LogP contribution in [0.3, 0.4) is 0 Å². The van der Waals surface area contributed by atoms with Crippen molar-refractivity contribution in [2.24, 2.45) is 0 Å². The van der Waals surface area contributed by atoms with Crippen molar-refractivity contribution in [2.45, 2.75) is 0 Å². The van der Waals surface area contributed by atoms with Crippen LogP contribution >= 0.6 is 0 Å². The third-order valence-corrected chi connectivity index (χ3v) is 3.09. The largest absolute Gasteiger partial charge is 0.508 e. The van der Waals surface area contributed by atoms with Crippen molar-refractivity contribution in [1.82, 2.24) is 9.97 Å². The number of imidazole rings is 1. The van der Waals surface area contributed by atoms with Gasteiger partial charge in [0, 0.05) is 17.3 Å². The third kappa shape index (κ3) is 2.62. The van der Waals surface area contributed by atoms with Crippen molar-refractivity contribution in [3.8, 4) is 22.8 Å². The highest BCUT2D eigenvalue weighted by atomic mass is 16.3. The summed E-state index contributed by atoms with van der Waals surface area (Å²) in [5.41, 5.74) is 1.87. The van der Waals surface area contributed by atoms with Gasteiger partial charge in [-0.3, -0.25) is 4.79 Å². The van der Waals surface area contributed by atoms with Crippen molar-refractivity contribution in [1.29, 1.82) is 0 Å². The molecule has 0 fully saturated rings. The number of ketones is 1. The average molecular weight is 280 g/mol. The van der Waals surface area contributed by atoms with Gasteiger partial charge in [0.05, 0.1) is 5.69 Å². The number of aromatic amines is 1. The van der Waals surface area contributed by atoms with Crippen LogP contribution in [0.2, 0.25) is 0 Å². The number of benzene rings is 2. The molecule has 3 aromatic rings. The number of aromatic nitrogens is 2. The number of carbonyl (C=O) groups is 1. The van der Waals surface area contributed by atoms with E-state index in [9.17, 15) is 15.0 Å². The molecular weight excluding hydrogens is 268 g/mol. The third-order valence-electron chi connectivity index (χ3n) is 3.09. The van der Waals surface area contributed by atoms with Crippen LogP contribution in [-0.2, 0) is 0 Å². The van der Waals surface area contributed by atoms with Crippen molar-refractivity contribution in [2.75, 3.05) is 0 Å². The Kier molecular flexibility index (Phi) is 3.16. The predicted molar refractivity (Wildman–Crippen MR) is 77.2 cm³/mol. The van der Waals surface area contributed by atoms with Gasteiger partial charge in [-0.1, -0.05) is 0 Å². The number of nitrogens with one attached hydrogen (secondary N) is 1. The molecule has 0 amide bonds. The molecule has 0 radical (unpaired) electrons. The highest BCUT2D eigenvalue weighted by Gasteiger charge is 2.13. The van der Waals surface area contributed by atoms with Crippen molar-refractivity contribution in [3.63, 3.8) is 0 Å². The molecule has 0 saturated heterocycles. The number of phenols is 2. The minimum Gasteiger partial charge on any atom is -0.508 e. The smallest absolute Gasteiger partial charge is 0.228 e. The molecule has 0 atom stereocenters. The molecule has 0 aliphatic heterocycles. The van der Waals surface area contributed by atoms with Crippen LogP contribution in [0, 0.1) is 0 Å². The zero-order valence-corrected chi connectivity index (χ0v) is 10.9. The van der Waals surface area contributed by atoms with Gasteiger partial charge in [-0.2, -0.15) is 0 Å². The Morgan fingerprint density at radius 2 is 1.48 bits per heavy atom. The average Bonchev–Trinajstić information content (AvgIpc) is 2.98. The molecule has 5 nitrogen and oxygen atoms in total. The number of phenolic OH excluding ortho intramolecular Hbond substituents is 2. The van der Waals surface area contributed by atoms with Gasteiger partial charge in [0.1, 0.15) is 11.5 Å². The molecule has 21 heavy (non-hydrogen) atoms. The molecule has 0 aliphatic carbocycles. The molecule has 0 saturated carbocycles. The Balaban J connectivity index is 1.89. The Morgan fingerprint density at radius 3 is 2.10 bits per heavy atom. The van der Waals surface area contributed by atoms with Crippen molar-refractivity contribution < 1.29 is 15.0 Å². The lowest BCUT2D eigenvalue weighted by atomic mass is 10.1. The van der Waals surface area contributed by atoms with Crippen LogP contribution in [0.5, 0.6) is 11.5 Å². The maximum absolute atomic E-state index is 12.2. The Morgan fingerprint density at radius 1 is 0.905 bits per heavy atom. The molecule has 2 aromatic carbocycles. The van der Waals surface area contributed by atoms with Crippen molar-refractivity contribution >= 4 is 5.78 Å². The number of hydrogen-bond acceptors (Lipinski definition) is 4. The molecule has 3 N–H and O–H groups in total. The van der Waals surface area contributed by atoms with E-state index >= 15 is 0 Å². The van der Waals surface area contributed by atoms with Gasteiger partial charge in [0.2, 0.25) is 5.78 Å². The van der Waals surface area contributed by atoms with Crippen LogP contribution in [0.15, 0.2) is 54.7 Å². The van der Waals surface area contributed by atoms with Crippen LogP contribution < -0.4 is 0 Å². The molecule has 0 unspecified atom stereocenters. The predicted octanol–water partition coefficient (Wildman–Crippen LogP) is 2.72. The first kappa shape index (κ1) is 12.9. The molecule has 1 heterocycles. The summed E-state index contributed by atoms with van der Waals surface area (Å²) < 4.78 is 0. The Hall–Kier alpha value is -3.08. The number of hydrogen-bond donors (Lipinski definition) is 3. The highest BCUT2D eigenvalue weighted by Crippen LogP contribution is 2.21. The van der Waals surface area contributed by atoms with E-state index in [1.165, 1.54) is 12.1 Å². The fourth-order valence-corrected chi connectivity index (χ4v) is 1.97. The summed E-state index contributed by atoms with van der Waals surface area (Å²) in [5.74, 6) is 0.259. The summed E-state index contributed by atoms with van der Waals surface area (Å²) >= 11 is 0. The number of rotatable bonds is 3. The maximum Gasteiger partial charge on any atom is 0.228 e. The first-order chi connectivity index (χ1) is 10.1. The summed E-state index contributed by atoms with van der Waals surface area (Å²) in [6, 6.07) is 12.6. The van der Waals surface area contributed by atoms with Gasteiger partial charge in [-0.25, -0.2) is 4.98 Å². The zero-order valence-electron chi connectivity index (χ0n) is 10.9. The van der Waals surface area contributed by atoms with E-state index < -0.39 is 0 Å². The molecule has 0 aliphatic rings. The van der Waals surface area contributed by atoms with E-state index in [4.69, 9.17) is 0 Å². The Labute approximate surface area is 120 Å². The van der Waals surface area contributed by atoms with E-state index in [1.807, 2.05) is 0 Å². The normalized spacial score (nSPS) is 10.5. The lowest BCUT2D eigenvalue weighted by Gasteiger charge is -1.98. The maximum atomic E-state index is 12.2. The molecule has 5 heteroatoms. The van der Waals surface area contributed by atoms with Crippen LogP contribution in [0.1, 0.15) is 16.2 Å². The number of nitrogens with zero attached hydrogens (tertiary/aromatic N) is 1. The van der Waals surface area contributed by atoms with Gasteiger partial charge in [-0.05, 0) is 48.5 Å². The summed E-state index contributed by atoms with van der Waals surface area (Å²) in [6.07, 6.45) is 1.64. The van der Waals surface area contributed by atoms with E-state index in [1.54, 1.807) is 42.6 Å². The van der Waals surface area contributed by atoms with E-state index in [-0.39, 0.29) is 23.1 Å². The quantitative estimate of drug-likeness (QED) is 0.644. The molecule has 3 rings (SSSR count). The van der Waals surface area contributed by atoms with Crippen LogP contribution in [0.4, 0.5) is 0 Å². The second-order valence-corrected chi connectivity index (χ2v) is 4.56. The van der Waals surface area contributed by atoms with E-state index in [2.05, 4.69) is 9.97 Å². The number of H-pyrrole nitrogens is 1. The zero-order chi connectivity index (χ0) is 14.8. The topological polar surface area (TPSA) is 86.2 Å².